The molecule has 1 aliphatic rings. The Labute approximate surface area is 91.5 Å². The molecule has 1 aromatic carbocycles. The van der Waals surface area contributed by atoms with Crippen LogP contribution in [0.25, 0.3) is 0 Å². The lowest BCUT2D eigenvalue weighted by atomic mass is 10.1. The number of benzene rings is 1. The number of nitrogens with one attached hydrogen (secondary N) is 1. The van der Waals surface area contributed by atoms with Crippen LogP contribution in [0.15, 0.2) is 24.3 Å². The molecule has 0 spiro atoms. The molecule has 2 rings (SSSR count). The van der Waals surface area contributed by atoms with Gasteiger partial charge in [0, 0.05) is 5.56 Å². The molecule has 1 aliphatic heterocycles. The van der Waals surface area contributed by atoms with Gasteiger partial charge in [0.25, 0.3) is 0 Å². The molecule has 0 unspecified atom stereocenters. The highest BCUT2D eigenvalue weighted by molar-refractivity contribution is 5.21. The number of quaternary nitrogens is 1. The third-order valence-corrected chi connectivity index (χ3v) is 3.22. The lowest BCUT2D eigenvalue weighted by Crippen LogP contribution is -3.11. The summed E-state index contributed by atoms with van der Waals surface area (Å²) in [5.74, 6) is 0. The van der Waals surface area contributed by atoms with Crippen LogP contribution >= 0.6 is 0 Å². The van der Waals surface area contributed by atoms with Crippen molar-refractivity contribution in [1.29, 1.82) is 0 Å². The molecule has 0 bridgehead atoms. The molecule has 0 aromatic heterocycles. The lowest BCUT2D eigenvalue weighted by molar-refractivity contribution is -0.918. The Morgan fingerprint density at radius 3 is 2.13 bits per heavy atom. The molecule has 1 aromatic rings. The van der Waals surface area contributed by atoms with E-state index in [1.165, 1.54) is 37.9 Å². The smallest absolute Gasteiger partial charge is 0.103 e. The molecular formula is C13H20NO+. The van der Waals surface area contributed by atoms with E-state index >= 15 is 0 Å². The minimum atomic E-state index is 0.150. The molecule has 1 saturated heterocycles. The predicted octanol–water partition coefficient (Wildman–Crippen LogP) is 0.748. The van der Waals surface area contributed by atoms with Crippen molar-refractivity contribution in [1.82, 2.24) is 0 Å². The van der Waals surface area contributed by atoms with E-state index in [1.807, 2.05) is 12.1 Å². The van der Waals surface area contributed by atoms with Crippen LogP contribution in [0, 0.1) is 0 Å². The van der Waals surface area contributed by atoms with Crippen molar-refractivity contribution in [3.8, 4) is 0 Å². The summed E-state index contributed by atoms with van der Waals surface area (Å²) >= 11 is 0. The Hall–Kier alpha value is -0.860. The molecule has 0 aliphatic carbocycles. The van der Waals surface area contributed by atoms with Crippen molar-refractivity contribution in [2.45, 2.75) is 32.4 Å². The van der Waals surface area contributed by atoms with Crippen LogP contribution in [-0.4, -0.2) is 18.2 Å². The van der Waals surface area contributed by atoms with E-state index in [0.29, 0.717) is 0 Å². The van der Waals surface area contributed by atoms with Crippen LogP contribution in [0.2, 0.25) is 0 Å². The molecule has 0 atom stereocenters. The largest absolute Gasteiger partial charge is 0.392 e. The van der Waals surface area contributed by atoms with Gasteiger partial charge in [-0.2, -0.15) is 0 Å². The van der Waals surface area contributed by atoms with Crippen LogP contribution in [0.5, 0.6) is 0 Å². The van der Waals surface area contributed by atoms with Gasteiger partial charge in [-0.05, 0) is 24.8 Å². The molecule has 82 valence electrons. The Bertz CT molecular complexity index is 288. The van der Waals surface area contributed by atoms with Crippen LogP contribution in [-0.2, 0) is 13.2 Å². The first-order valence-electron chi connectivity index (χ1n) is 5.91. The Morgan fingerprint density at radius 2 is 1.53 bits per heavy atom. The maximum absolute atomic E-state index is 8.94. The first-order valence-corrected chi connectivity index (χ1v) is 5.91. The van der Waals surface area contributed by atoms with Gasteiger partial charge in [0.15, 0.2) is 0 Å². The normalized spacial score (nSPS) is 17.9. The summed E-state index contributed by atoms with van der Waals surface area (Å²) in [6.45, 7) is 3.94. The highest BCUT2D eigenvalue weighted by atomic mass is 16.3. The lowest BCUT2D eigenvalue weighted by Gasteiger charge is -2.23. The average Bonchev–Trinajstić information content (AvgIpc) is 2.31. The first-order chi connectivity index (χ1) is 7.38. The van der Waals surface area contributed by atoms with Crippen LogP contribution in [0.1, 0.15) is 30.4 Å². The number of aliphatic hydroxyl groups is 1. The molecule has 2 nitrogen and oxygen atoms in total. The van der Waals surface area contributed by atoms with Crippen LogP contribution in [0.3, 0.4) is 0 Å². The number of likely N-dealkylation sites (tertiary alicyclic amines) is 1. The number of hydrogen-bond acceptors (Lipinski definition) is 1. The molecule has 1 heterocycles. The minimum absolute atomic E-state index is 0.150. The van der Waals surface area contributed by atoms with E-state index < -0.39 is 0 Å². The Kier molecular flexibility index (Phi) is 3.75. The van der Waals surface area contributed by atoms with Gasteiger partial charge < -0.3 is 10.0 Å². The van der Waals surface area contributed by atoms with Crippen molar-refractivity contribution >= 4 is 0 Å². The molecule has 2 heteroatoms. The molecular weight excluding hydrogens is 186 g/mol. The minimum Gasteiger partial charge on any atom is -0.392 e. The standard InChI is InChI=1S/C13H19NO/c15-11-13-6-4-12(5-7-13)10-14-8-2-1-3-9-14/h4-7,15H,1-3,8-11H2/p+1. The van der Waals surface area contributed by atoms with Crippen molar-refractivity contribution in [3.05, 3.63) is 35.4 Å². The van der Waals surface area contributed by atoms with Gasteiger partial charge in [0.1, 0.15) is 6.54 Å². The van der Waals surface area contributed by atoms with Crippen molar-refractivity contribution in [2.75, 3.05) is 13.1 Å². The SMILES string of the molecule is OCc1ccc(C[NH+]2CCCCC2)cc1. The summed E-state index contributed by atoms with van der Waals surface area (Å²) < 4.78 is 0. The molecule has 15 heavy (non-hydrogen) atoms. The van der Waals surface area contributed by atoms with E-state index in [-0.39, 0.29) is 6.61 Å². The molecule has 1 fully saturated rings. The van der Waals surface area contributed by atoms with Gasteiger partial charge >= 0.3 is 0 Å². The summed E-state index contributed by atoms with van der Waals surface area (Å²) in [7, 11) is 0. The Balaban J connectivity index is 1.91. The maximum Gasteiger partial charge on any atom is 0.103 e. The van der Waals surface area contributed by atoms with Crippen molar-refractivity contribution < 1.29 is 10.0 Å². The maximum atomic E-state index is 8.94. The summed E-state index contributed by atoms with van der Waals surface area (Å²) in [4.78, 5) is 1.71. The second-order valence-electron chi connectivity index (χ2n) is 4.46. The average molecular weight is 206 g/mol. The summed E-state index contributed by atoms with van der Waals surface area (Å²) in [6.07, 6.45) is 4.17. The number of rotatable bonds is 3. The number of hydrogen-bond donors (Lipinski definition) is 2. The second kappa shape index (κ2) is 5.29. The van der Waals surface area contributed by atoms with E-state index in [1.54, 1.807) is 4.90 Å². The van der Waals surface area contributed by atoms with E-state index in [2.05, 4.69) is 12.1 Å². The zero-order chi connectivity index (χ0) is 10.5. The van der Waals surface area contributed by atoms with Crippen molar-refractivity contribution in [3.63, 3.8) is 0 Å². The van der Waals surface area contributed by atoms with Gasteiger partial charge in [-0.15, -0.1) is 0 Å². The predicted molar refractivity (Wildman–Crippen MR) is 60.6 cm³/mol. The molecule has 0 saturated carbocycles. The highest BCUT2D eigenvalue weighted by Crippen LogP contribution is 2.04. The van der Waals surface area contributed by atoms with E-state index in [9.17, 15) is 0 Å². The van der Waals surface area contributed by atoms with E-state index in [4.69, 9.17) is 5.11 Å². The van der Waals surface area contributed by atoms with Gasteiger partial charge in [-0.3, -0.25) is 0 Å². The molecule has 0 amide bonds. The number of aliphatic hydroxyl groups excluding tert-OH is 1. The van der Waals surface area contributed by atoms with E-state index in [0.717, 1.165) is 12.1 Å². The third-order valence-electron chi connectivity index (χ3n) is 3.22. The zero-order valence-electron chi connectivity index (χ0n) is 9.21. The molecule has 2 N–H and O–H groups in total. The zero-order valence-corrected chi connectivity index (χ0v) is 9.21. The van der Waals surface area contributed by atoms with Gasteiger partial charge in [0.05, 0.1) is 19.7 Å². The topological polar surface area (TPSA) is 24.7 Å². The highest BCUT2D eigenvalue weighted by Gasteiger charge is 2.13. The van der Waals surface area contributed by atoms with Crippen LogP contribution < -0.4 is 4.90 Å². The third kappa shape index (κ3) is 3.05. The quantitative estimate of drug-likeness (QED) is 0.749. The van der Waals surface area contributed by atoms with Gasteiger partial charge in [0.2, 0.25) is 0 Å². The first kappa shape index (κ1) is 10.7. The summed E-state index contributed by atoms with van der Waals surface area (Å²) in [5.41, 5.74) is 2.40. The Morgan fingerprint density at radius 1 is 0.933 bits per heavy atom. The van der Waals surface area contributed by atoms with Crippen LogP contribution in [0.4, 0.5) is 0 Å². The second-order valence-corrected chi connectivity index (χ2v) is 4.46. The molecule has 0 radical (unpaired) electrons. The summed E-state index contributed by atoms with van der Waals surface area (Å²) in [5, 5.41) is 8.94. The fourth-order valence-corrected chi connectivity index (χ4v) is 2.28. The fraction of sp³-hybridized carbons (Fsp3) is 0.538. The number of piperidine rings is 1. The fourth-order valence-electron chi connectivity index (χ4n) is 2.28. The monoisotopic (exact) mass is 206 g/mol. The summed E-state index contributed by atoms with van der Waals surface area (Å²) in [6, 6.07) is 8.34. The van der Waals surface area contributed by atoms with Gasteiger partial charge in [-0.25, -0.2) is 0 Å². The van der Waals surface area contributed by atoms with Gasteiger partial charge in [-0.1, -0.05) is 24.3 Å². The van der Waals surface area contributed by atoms with Crippen molar-refractivity contribution in [2.24, 2.45) is 0 Å².